The average Bonchev–Trinajstić information content (AvgIpc) is 2.35. The van der Waals surface area contributed by atoms with Crippen LogP contribution in [0.25, 0.3) is 0 Å². The van der Waals surface area contributed by atoms with Gasteiger partial charge in [-0.2, -0.15) is 0 Å². The standard InChI is InChI=1S/C11H16N2O3S2/c1-16-7-3-6-13-18(14,15)10-5-2-4-9(8-10)11(12)17/h2,4-5,8,13H,3,6-7H2,1H3,(H2,12,17). The quantitative estimate of drug-likeness (QED) is 0.568. The summed E-state index contributed by atoms with van der Waals surface area (Å²) in [6, 6.07) is 6.24. The number of rotatable bonds is 7. The predicted octanol–water partition coefficient (Wildman–Crippen LogP) is 0.636. The summed E-state index contributed by atoms with van der Waals surface area (Å²) in [5.74, 6) is 0. The minimum Gasteiger partial charge on any atom is -0.389 e. The fourth-order valence-electron chi connectivity index (χ4n) is 1.32. The number of nitrogens with two attached hydrogens (primary N) is 1. The van der Waals surface area contributed by atoms with Crippen LogP contribution >= 0.6 is 12.2 Å². The van der Waals surface area contributed by atoms with E-state index >= 15 is 0 Å². The van der Waals surface area contributed by atoms with Gasteiger partial charge in [-0.25, -0.2) is 13.1 Å². The van der Waals surface area contributed by atoms with E-state index in [0.717, 1.165) is 0 Å². The van der Waals surface area contributed by atoms with Gasteiger partial charge in [0.05, 0.1) is 4.90 Å². The van der Waals surface area contributed by atoms with Gasteiger partial charge < -0.3 is 10.5 Å². The number of benzene rings is 1. The van der Waals surface area contributed by atoms with E-state index in [1.807, 2.05) is 0 Å². The maximum atomic E-state index is 11.9. The lowest BCUT2D eigenvalue weighted by Gasteiger charge is -2.07. The molecule has 0 saturated heterocycles. The number of thiocarbonyl (C=S) groups is 1. The van der Waals surface area contributed by atoms with Crippen molar-refractivity contribution in [1.29, 1.82) is 0 Å². The van der Waals surface area contributed by atoms with Crippen LogP contribution in [0.3, 0.4) is 0 Å². The first-order valence-corrected chi connectivity index (χ1v) is 7.25. The molecule has 0 aliphatic heterocycles. The van der Waals surface area contributed by atoms with Crippen LogP contribution in [0.5, 0.6) is 0 Å². The number of sulfonamides is 1. The molecular weight excluding hydrogens is 272 g/mol. The number of hydrogen-bond acceptors (Lipinski definition) is 4. The first kappa shape index (κ1) is 15.0. The molecule has 1 rings (SSSR count). The maximum Gasteiger partial charge on any atom is 0.240 e. The van der Waals surface area contributed by atoms with E-state index < -0.39 is 10.0 Å². The van der Waals surface area contributed by atoms with E-state index in [1.165, 1.54) is 12.1 Å². The Labute approximate surface area is 112 Å². The Kier molecular flexibility index (Phi) is 5.67. The van der Waals surface area contributed by atoms with Gasteiger partial charge >= 0.3 is 0 Å². The minimum atomic E-state index is -3.52. The number of ether oxygens (including phenoxy) is 1. The van der Waals surface area contributed by atoms with Gasteiger partial charge in [-0.3, -0.25) is 0 Å². The van der Waals surface area contributed by atoms with Crippen molar-refractivity contribution in [3.8, 4) is 0 Å². The average molecular weight is 288 g/mol. The summed E-state index contributed by atoms with van der Waals surface area (Å²) in [6.45, 7) is 0.836. The van der Waals surface area contributed by atoms with E-state index in [9.17, 15) is 8.42 Å². The lowest BCUT2D eigenvalue weighted by Crippen LogP contribution is -2.25. The van der Waals surface area contributed by atoms with Crippen LogP contribution in [0.4, 0.5) is 0 Å². The van der Waals surface area contributed by atoms with Gasteiger partial charge in [0.1, 0.15) is 4.99 Å². The predicted molar refractivity (Wildman–Crippen MR) is 74.0 cm³/mol. The van der Waals surface area contributed by atoms with Crippen molar-refractivity contribution in [1.82, 2.24) is 4.72 Å². The topological polar surface area (TPSA) is 81.4 Å². The summed E-state index contributed by atoms with van der Waals surface area (Å²) in [5, 5.41) is 0. The van der Waals surface area contributed by atoms with Crippen molar-refractivity contribution >= 4 is 27.2 Å². The van der Waals surface area contributed by atoms with Gasteiger partial charge in [-0.05, 0) is 18.6 Å². The molecule has 0 fully saturated rings. The molecule has 3 N–H and O–H groups in total. The highest BCUT2D eigenvalue weighted by atomic mass is 32.2. The fourth-order valence-corrected chi connectivity index (χ4v) is 2.57. The van der Waals surface area contributed by atoms with Gasteiger partial charge in [0, 0.05) is 25.8 Å². The first-order valence-electron chi connectivity index (χ1n) is 5.36. The second kappa shape index (κ2) is 6.79. The third kappa shape index (κ3) is 4.34. The second-order valence-electron chi connectivity index (χ2n) is 3.64. The number of methoxy groups -OCH3 is 1. The Morgan fingerprint density at radius 3 is 2.83 bits per heavy atom. The zero-order valence-electron chi connectivity index (χ0n) is 10.0. The number of nitrogens with one attached hydrogen (secondary N) is 1. The van der Waals surface area contributed by atoms with Gasteiger partial charge in [-0.1, -0.05) is 24.4 Å². The molecule has 1 aromatic carbocycles. The SMILES string of the molecule is COCCCNS(=O)(=O)c1cccc(C(N)=S)c1. The Bertz CT molecular complexity index is 515. The molecule has 5 nitrogen and oxygen atoms in total. The van der Waals surface area contributed by atoms with Gasteiger partial charge in [0.25, 0.3) is 0 Å². The third-order valence-corrected chi connectivity index (χ3v) is 3.94. The molecule has 0 heterocycles. The van der Waals surface area contributed by atoms with Crippen LogP contribution in [-0.2, 0) is 14.8 Å². The summed E-state index contributed by atoms with van der Waals surface area (Å²) in [5.41, 5.74) is 6.00. The van der Waals surface area contributed by atoms with Gasteiger partial charge in [-0.15, -0.1) is 0 Å². The highest BCUT2D eigenvalue weighted by Crippen LogP contribution is 2.11. The van der Waals surface area contributed by atoms with Crippen LogP contribution in [0.2, 0.25) is 0 Å². The summed E-state index contributed by atoms with van der Waals surface area (Å²) < 4.78 is 31.2. The molecule has 0 amide bonds. The van der Waals surface area contributed by atoms with Crippen molar-refractivity contribution in [2.45, 2.75) is 11.3 Å². The zero-order chi connectivity index (χ0) is 13.6. The maximum absolute atomic E-state index is 11.9. The molecule has 0 aliphatic rings. The molecule has 0 aromatic heterocycles. The zero-order valence-corrected chi connectivity index (χ0v) is 11.7. The van der Waals surface area contributed by atoms with Crippen LogP contribution in [-0.4, -0.2) is 33.7 Å². The fraction of sp³-hybridized carbons (Fsp3) is 0.364. The smallest absolute Gasteiger partial charge is 0.240 e. The van der Waals surface area contributed by atoms with E-state index in [-0.39, 0.29) is 9.88 Å². The van der Waals surface area contributed by atoms with Crippen molar-refractivity contribution in [2.75, 3.05) is 20.3 Å². The highest BCUT2D eigenvalue weighted by molar-refractivity contribution is 7.89. The Hall–Kier alpha value is -1.02. The van der Waals surface area contributed by atoms with Crippen molar-refractivity contribution in [3.63, 3.8) is 0 Å². The van der Waals surface area contributed by atoms with Crippen molar-refractivity contribution < 1.29 is 13.2 Å². The Morgan fingerprint density at radius 1 is 1.50 bits per heavy atom. The molecule has 0 bridgehead atoms. The third-order valence-electron chi connectivity index (χ3n) is 2.25. The first-order chi connectivity index (χ1) is 8.47. The van der Waals surface area contributed by atoms with E-state index in [0.29, 0.717) is 25.1 Å². The Morgan fingerprint density at radius 2 is 2.22 bits per heavy atom. The molecular formula is C11H16N2O3S2. The largest absolute Gasteiger partial charge is 0.389 e. The van der Waals surface area contributed by atoms with Crippen molar-refractivity contribution in [3.05, 3.63) is 29.8 Å². The summed E-state index contributed by atoms with van der Waals surface area (Å²) in [4.78, 5) is 0.330. The van der Waals surface area contributed by atoms with Crippen LogP contribution in [0.15, 0.2) is 29.2 Å². The molecule has 0 unspecified atom stereocenters. The summed E-state index contributed by atoms with van der Waals surface area (Å²) in [6.07, 6.45) is 0.616. The normalized spacial score (nSPS) is 11.4. The molecule has 0 saturated carbocycles. The highest BCUT2D eigenvalue weighted by Gasteiger charge is 2.13. The van der Waals surface area contributed by atoms with Gasteiger partial charge in [0.15, 0.2) is 0 Å². The van der Waals surface area contributed by atoms with E-state index in [1.54, 1.807) is 19.2 Å². The van der Waals surface area contributed by atoms with E-state index in [2.05, 4.69) is 4.72 Å². The number of hydrogen-bond donors (Lipinski definition) is 2. The van der Waals surface area contributed by atoms with Gasteiger partial charge in [0.2, 0.25) is 10.0 Å². The Balaban J connectivity index is 2.78. The molecule has 1 aromatic rings. The van der Waals surface area contributed by atoms with Crippen LogP contribution in [0, 0.1) is 0 Å². The lowest BCUT2D eigenvalue weighted by molar-refractivity contribution is 0.196. The molecule has 100 valence electrons. The van der Waals surface area contributed by atoms with Crippen LogP contribution < -0.4 is 10.5 Å². The molecule has 0 atom stereocenters. The lowest BCUT2D eigenvalue weighted by atomic mass is 10.2. The summed E-state index contributed by atoms with van der Waals surface area (Å²) in [7, 11) is -1.95. The summed E-state index contributed by atoms with van der Waals surface area (Å²) >= 11 is 4.81. The molecule has 0 spiro atoms. The van der Waals surface area contributed by atoms with E-state index in [4.69, 9.17) is 22.7 Å². The van der Waals surface area contributed by atoms with Crippen molar-refractivity contribution in [2.24, 2.45) is 5.73 Å². The molecule has 7 heteroatoms. The monoisotopic (exact) mass is 288 g/mol. The molecule has 0 radical (unpaired) electrons. The second-order valence-corrected chi connectivity index (χ2v) is 5.84. The van der Waals surface area contributed by atoms with Crippen LogP contribution in [0.1, 0.15) is 12.0 Å². The molecule has 18 heavy (non-hydrogen) atoms. The minimum absolute atomic E-state index is 0.158. The molecule has 0 aliphatic carbocycles.